The smallest absolute Gasteiger partial charge is 0.124 e. The van der Waals surface area contributed by atoms with Crippen molar-refractivity contribution < 1.29 is 9.18 Å². The van der Waals surface area contributed by atoms with Crippen molar-refractivity contribution in [3.63, 3.8) is 0 Å². The zero-order valence-corrected chi connectivity index (χ0v) is 8.01. The summed E-state index contributed by atoms with van der Waals surface area (Å²) < 4.78 is 12.8. The molecule has 0 aliphatic heterocycles. The maximum atomic E-state index is 12.8. The summed E-state index contributed by atoms with van der Waals surface area (Å²) in [5, 5.41) is 0.369. The minimum atomic E-state index is -0.361. The van der Waals surface area contributed by atoms with Crippen LogP contribution in [-0.4, -0.2) is 6.29 Å². The molecule has 0 radical (unpaired) electrons. The Hall–Kier alpha value is -0.890. The Kier molecular flexibility index (Phi) is 3.43. The van der Waals surface area contributed by atoms with E-state index < -0.39 is 0 Å². The molecule has 3 heteroatoms. The van der Waals surface area contributed by atoms with Crippen LogP contribution < -0.4 is 0 Å². The van der Waals surface area contributed by atoms with Crippen LogP contribution in [0.15, 0.2) is 18.2 Å². The van der Waals surface area contributed by atoms with Gasteiger partial charge in [-0.25, -0.2) is 4.39 Å². The third-order valence-electron chi connectivity index (χ3n) is 1.71. The maximum absolute atomic E-state index is 12.8. The van der Waals surface area contributed by atoms with E-state index in [1.165, 1.54) is 12.1 Å². The highest BCUT2D eigenvalue weighted by atomic mass is 35.5. The fourth-order valence-corrected chi connectivity index (χ4v) is 1.39. The van der Waals surface area contributed by atoms with Gasteiger partial charge in [-0.3, -0.25) is 0 Å². The minimum absolute atomic E-state index is 0.0992. The average Bonchev–Trinajstić information content (AvgIpc) is 2.02. The van der Waals surface area contributed by atoms with Crippen LogP contribution in [0.1, 0.15) is 12.5 Å². The number of hydrogen-bond acceptors (Lipinski definition) is 1. The molecule has 1 unspecified atom stereocenters. The number of carbonyl (C=O) groups is 1. The first-order valence-electron chi connectivity index (χ1n) is 4.02. The molecular weight excluding hydrogens is 191 g/mol. The highest BCUT2D eigenvalue weighted by Gasteiger charge is 2.04. The summed E-state index contributed by atoms with van der Waals surface area (Å²) in [5.41, 5.74) is 0.754. The lowest BCUT2D eigenvalue weighted by atomic mass is 10.0. The SMILES string of the molecule is CC(C=O)Cc1cc(F)cc(Cl)c1. The van der Waals surface area contributed by atoms with Gasteiger partial charge in [0.05, 0.1) is 0 Å². The van der Waals surface area contributed by atoms with Crippen LogP contribution in [0.2, 0.25) is 5.02 Å². The Bertz CT molecular complexity index is 292. The summed E-state index contributed by atoms with van der Waals surface area (Å²) in [6.07, 6.45) is 1.37. The summed E-state index contributed by atoms with van der Waals surface area (Å²) in [6, 6.07) is 4.31. The molecule has 0 aliphatic rings. The molecule has 0 bridgehead atoms. The number of halogens is 2. The third kappa shape index (κ3) is 3.15. The lowest BCUT2D eigenvalue weighted by Gasteiger charge is -2.04. The average molecular weight is 201 g/mol. The molecule has 0 heterocycles. The van der Waals surface area contributed by atoms with Gasteiger partial charge < -0.3 is 4.79 Å². The zero-order valence-electron chi connectivity index (χ0n) is 7.26. The molecule has 0 fully saturated rings. The summed E-state index contributed by atoms with van der Waals surface area (Å²) in [6.45, 7) is 1.78. The van der Waals surface area contributed by atoms with E-state index in [9.17, 15) is 9.18 Å². The standard InChI is InChI=1S/C10H10ClFO/c1-7(6-13)2-8-3-9(11)5-10(12)4-8/h3-7H,2H2,1H3. The third-order valence-corrected chi connectivity index (χ3v) is 1.93. The minimum Gasteiger partial charge on any atom is -0.303 e. The molecule has 13 heavy (non-hydrogen) atoms. The van der Waals surface area contributed by atoms with Crippen molar-refractivity contribution in [2.24, 2.45) is 5.92 Å². The highest BCUT2D eigenvalue weighted by Crippen LogP contribution is 2.16. The van der Waals surface area contributed by atoms with E-state index in [2.05, 4.69) is 0 Å². The van der Waals surface area contributed by atoms with E-state index in [-0.39, 0.29) is 11.7 Å². The van der Waals surface area contributed by atoms with Gasteiger partial charge in [-0.15, -0.1) is 0 Å². The van der Waals surface area contributed by atoms with Crippen LogP contribution >= 0.6 is 11.6 Å². The Morgan fingerprint density at radius 2 is 2.23 bits per heavy atom. The predicted octanol–water partition coefficient (Wildman–Crippen LogP) is 2.86. The molecule has 1 rings (SSSR count). The first kappa shape index (κ1) is 10.2. The van der Waals surface area contributed by atoms with Crippen molar-refractivity contribution in [3.8, 4) is 0 Å². The quantitative estimate of drug-likeness (QED) is 0.686. The topological polar surface area (TPSA) is 17.1 Å². The summed E-state index contributed by atoms with van der Waals surface area (Å²) in [7, 11) is 0. The first-order chi connectivity index (χ1) is 6.11. The number of benzene rings is 1. The van der Waals surface area contributed by atoms with Crippen LogP contribution in [-0.2, 0) is 11.2 Å². The van der Waals surface area contributed by atoms with E-state index in [0.717, 1.165) is 11.8 Å². The van der Waals surface area contributed by atoms with Crippen LogP contribution in [0.5, 0.6) is 0 Å². The van der Waals surface area contributed by atoms with Gasteiger partial charge >= 0.3 is 0 Å². The summed E-state index contributed by atoms with van der Waals surface area (Å²) in [4.78, 5) is 10.4. The second kappa shape index (κ2) is 4.38. The molecule has 0 saturated heterocycles. The van der Waals surface area contributed by atoms with Gasteiger partial charge in [0, 0.05) is 10.9 Å². The molecule has 0 aliphatic carbocycles. The lowest BCUT2D eigenvalue weighted by Crippen LogP contribution is -2.00. The van der Waals surface area contributed by atoms with E-state index in [4.69, 9.17) is 11.6 Å². The van der Waals surface area contributed by atoms with Crippen LogP contribution in [0.3, 0.4) is 0 Å². The van der Waals surface area contributed by atoms with Crippen LogP contribution in [0.25, 0.3) is 0 Å². The highest BCUT2D eigenvalue weighted by molar-refractivity contribution is 6.30. The molecule has 0 spiro atoms. The molecule has 1 nitrogen and oxygen atoms in total. The van der Waals surface area contributed by atoms with Gasteiger partial charge in [-0.05, 0) is 30.2 Å². The van der Waals surface area contributed by atoms with Crippen molar-refractivity contribution in [3.05, 3.63) is 34.6 Å². The summed E-state index contributed by atoms with van der Waals surface area (Å²) >= 11 is 5.65. The van der Waals surface area contributed by atoms with E-state index in [0.29, 0.717) is 11.4 Å². The van der Waals surface area contributed by atoms with E-state index in [1.54, 1.807) is 13.0 Å². The number of carbonyl (C=O) groups excluding carboxylic acids is 1. The zero-order chi connectivity index (χ0) is 9.84. The lowest BCUT2D eigenvalue weighted by molar-refractivity contribution is -0.110. The van der Waals surface area contributed by atoms with Crippen molar-refractivity contribution >= 4 is 17.9 Å². The molecule has 0 saturated carbocycles. The molecule has 70 valence electrons. The van der Waals surface area contributed by atoms with E-state index >= 15 is 0 Å². The first-order valence-corrected chi connectivity index (χ1v) is 4.40. The van der Waals surface area contributed by atoms with Gasteiger partial charge in [0.15, 0.2) is 0 Å². The van der Waals surface area contributed by atoms with Gasteiger partial charge in [-0.2, -0.15) is 0 Å². The Balaban J connectivity index is 2.82. The van der Waals surface area contributed by atoms with Crippen LogP contribution in [0, 0.1) is 11.7 Å². The maximum Gasteiger partial charge on any atom is 0.124 e. The Morgan fingerprint density at radius 3 is 2.77 bits per heavy atom. The fourth-order valence-electron chi connectivity index (χ4n) is 1.15. The number of hydrogen-bond donors (Lipinski definition) is 0. The number of rotatable bonds is 3. The molecule has 1 aromatic carbocycles. The summed E-state index contributed by atoms with van der Waals surface area (Å²) in [5.74, 6) is -0.460. The predicted molar refractivity (Wildman–Crippen MR) is 50.3 cm³/mol. The van der Waals surface area contributed by atoms with Crippen molar-refractivity contribution in [2.45, 2.75) is 13.3 Å². The molecule has 0 aromatic heterocycles. The second-order valence-corrected chi connectivity index (χ2v) is 3.53. The molecular formula is C10H10ClFO. The Labute approximate surface area is 81.5 Å². The van der Waals surface area contributed by atoms with Gasteiger partial charge in [0.1, 0.15) is 12.1 Å². The molecule has 0 N–H and O–H groups in total. The molecule has 1 aromatic rings. The second-order valence-electron chi connectivity index (χ2n) is 3.10. The monoisotopic (exact) mass is 200 g/mol. The number of aldehydes is 1. The van der Waals surface area contributed by atoms with Crippen LogP contribution in [0.4, 0.5) is 4.39 Å². The molecule has 0 amide bonds. The van der Waals surface area contributed by atoms with E-state index in [1.807, 2.05) is 0 Å². The van der Waals surface area contributed by atoms with Crippen molar-refractivity contribution in [2.75, 3.05) is 0 Å². The van der Waals surface area contributed by atoms with Gasteiger partial charge in [0.2, 0.25) is 0 Å². The Morgan fingerprint density at radius 1 is 1.54 bits per heavy atom. The van der Waals surface area contributed by atoms with Crippen molar-refractivity contribution in [1.29, 1.82) is 0 Å². The van der Waals surface area contributed by atoms with Gasteiger partial charge in [0.25, 0.3) is 0 Å². The van der Waals surface area contributed by atoms with Gasteiger partial charge in [-0.1, -0.05) is 18.5 Å². The molecule has 1 atom stereocenters. The fraction of sp³-hybridized carbons (Fsp3) is 0.300. The normalized spacial score (nSPS) is 12.5. The van der Waals surface area contributed by atoms with Crippen molar-refractivity contribution in [1.82, 2.24) is 0 Å². The largest absolute Gasteiger partial charge is 0.303 e.